The second-order valence-corrected chi connectivity index (χ2v) is 4.17. The van der Waals surface area contributed by atoms with E-state index in [2.05, 4.69) is 25.3 Å². The molecule has 0 aliphatic heterocycles. The number of hydrogen-bond donors (Lipinski definition) is 3. The molecule has 0 radical (unpaired) electrons. The number of carboxylic acid groups (broad SMARTS) is 1. The highest BCUT2D eigenvalue weighted by Crippen LogP contribution is 2.19. The van der Waals surface area contributed by atoms with Crippen molar-refractivity contribution in [2.24, 2.45) is 5.92 Å². The summed E-state index contributed by atoms with van der Waals surface area (Å²) in [6.07, 6.45) is 3.63. The molecule has 0 aromatic carbocycles. The smallest absolute Gasteiger partial charge is 0.326 e. The van der Waals surface area contributed by atoms with Crippen LogP contribution >= 0.6 is 0 Å². The molecule has 0 saturated heterocycles. The van der Waals surface area contributed by atoms with Gasteiger partial charge in [0, 0.05) is 0 Å². The summed E-state index contributed by atoms with van der Waals surface area (Å²) in [5.41, 5.74) is 1.13. The highest BCUT2D eigenvalue weighted by molar-refractivity contribution is 5.85. The summed E-state index contributed by atoms with van der Waals surface area (Å²) >= 11 is 0. The van der Waals surface area contributed by atoms with E-state index in [9.17, 15) is 9.90 Å². The Morgan fingerprint density at radius 3 is 2.94 bits per heavy atom. The molecule has 2 rings (SSSR count). The van der Waals surface area contributed by atoms with E-state index in [0.717, 1.165) is 6.42 Å². The molecule has 96 valence electrons. The summed E-state index contributed by atoms with van der Waals surface area (Å²) in [7, 11) is 0. The van der Waals surface area contributed by atoms with Crippen LogP contribution < -0.4 is 5.32 Å². The molecule has 0 amide bonds. The highest BCUT2D eigenvalue weighted by Gasteiger charge is 2.24. The second kappa shape index (κ2) is 4.99. The van der Waals surface area contributed by atoms with Gasteiger partial charge < -0.3 is 15.4 Å². The number of aliphatic carboxylic acids is 1. The minimum Gasteiger partial charge on any atom is -0.480 e. The van der Waals surface area contributed by atoms with Crippen LogP contribution in [0.4, 0.5) is 5.82 Å². The molecule has 2 aromatic heterocycles. The number of nitrogens with one attached hydrogen (secondary N) is 2. The van der Waals surface area contributed by atoms with E-state index in [1.54, 1.807) is 0 Å². The van der Waals surface area contributed by atoms with Gasteiger partial charge in [-0.15, -0.1) is 0 Å². The minimum absolute atomic E-state index is 0.00423. The van der Waals surface area contributed by atoms with Crippen molar-refractivity contribution in [3.05, 3.63) is 12.7 Å². The number of hydrogen-bond acceptors (Lipinski definition) is 5. The Morgan fingerprint density at radius 1 is 1.50 bits per heavy atom. The first-order valence-corrected chi connectivity index (χ1v) is 5.77. The number of carbonyl (C=O) groups is 1. The Bertz CT molecular complexity index is 553. The Labute approximate surface area is 104 Å². The second-order valence-electron chi connectivity index (χ2n) is 4.17. The van der Waals surface area contributed by atoms with Gasteiger partial charge in [0.25, 0.3) is 0 Å². The standard InChI is InChI=1S/C11H15N5O2/c1-3-6(2)7(11(17)18)16-10-8-9(13-4-12-8)14-5-15-10/h4-7H,3H2,1-2H3,(H,17,18)(H2,12,13,14,15,16)/t6-,7+/m1/s1. The van der Waals surface area contributed by atoms with E-state index in [4.69, 9.17) is 0 Å². The molecule has 2 atom stereocenters. The maximum atomic E-state index is 11.2. The number of H-pyrrole nitrogens is 1. The Balaban J connectivity index is 2.31. The number of imidazole rings is 1. The van der Waals surface area contributed by atoms with Gasteiger partial charge >= 0.3 is 5.97 Å². The van der Waals surface area contributed by atoms with E-state index in [0.29, 0.717) is 17.0 Å². The zero-order valence-corrected chi connectivity index (χ0v) is 10.2. The third-order valence-corrected chi connectivity index (χ3v) is 2.99. The lowest BCUT2D eigenvalue weighted by molar-refractivity contribution is -0.139. The average Bonchev–Trinajstić information content (AvgIpc) is 2.83. The molecule has 0 bridgehead atoms. The lowest BCUT2D eigenvalue weighted by Gasteiger charge is -2.20. The van der Waals surface area contributed by atoms with E-state index in [1.807, 2.05) is 13.8 Å². The quantitative estimate of drug-likeness (QED) is 0.737. The van der Waals surface area contributed by atoms with Gasteiger partial charge in [-0.25, -0.2) is 19.7 Å². The highest BCUT2D eigenvalue weighted by atomic mass is 16.4. The van der Waals surface area contributed by atoms with Crippen molar-refractivity contribution in [2.45, 2.75) is 26.3 Å². The molecule has 7 nitrogen and oxygen atoms in total. The van der Waals surface area contributed by atoms with Crippen molar-refractivity contribution in [1.29, 1.82) is 0 Å². The SMILES string of the molecule is CC[C@@H](C)[C@H](Nc1ncnc2nc[nH]c12)C(=O)O. The molecule has 7 heteroatoms. The van der Waals surface area contributed by atoms with Crippen LogP contribution in [0, 0.1) is 5.92 Å². The first kappa shape index (κ1) is 12.3. The molecule has 0 saturated carbocycles. The van der Waals surface area contributed by atoms with Crippen molar-refractivity contribution < 1.29 is 9.90 Å². The normalized spacial score (nSPS) is 14.3. The molecule has 2 heterocycles. The molecule has 0 unspecified atom stereocenters. The van der Waals surface area contributed by atoms with Crippen LogP contribution in [0.15, 0.2) is 12.7 Å². The van der Waals surface area contributed by atoms with Gasteiger partial charge in [0.2, 0.25) is 0 Å². The third kappa shape index (κ3) is 2.24. The molecular weight excluding hydrogens is 234 g/mol. The summed E-state index contributed by atoms with van der Waals surface area (Å²) < 4.78 is 0. The van der Waals surface area contributed by atoms with Gasteiger partial charge in [-0.2, -0.15) is 0 Å². The van der Waals surface area contributed by atoms with Crippen LogP contribution in [-0.4, -0.2) is 37.1 Å². The number of aromatic amines is 1. The maximum Gasteiger partial charge on any atom is 0.326 e. The number of anilines is 1. The maximum absolute atomic E-state index is 11.2. The molecule has 2 aromatic rings. The van der Waals surface area contributed by atoms with E-state index < -0.39 is 12.0 Å². The zero-order chi connectivity index (χ0) is 13.1. The van der Waals surface area contributed by atoms with Crippen LogP contribution in [0.3, 0.4) is 0 Å². The van der Waals surface area contributed by atoms with Crippen LogP contribution in [-0.2, 0) is 4.79 Å². The van der Waals surface area contributed by atoms with Gasteiger partial charge in [-0.1, -0.05) is 20.3 Å². The number of nitrogens with zero attached hydrogens (tertiary/aromatic N) is 3. The predicted molar refractivity (Wildman–Crippen MR) is 66.2 cm³/mol. The molecule has 3 N–H and O–H groups in total. The largest absolute Gasteiger partial charge is 0.480 e. The Kier molecular flexibility index (Phi) is 3.40. The van der Waals surface area contributed by atoms with Crippen LogP contribution in [0.25, 0.3) is 11.2 Å². The molecular formula is C11H15N5O2. The van der Waals surface area contributed by atoms with Crippen LogP contribution in [0.1, 0.15) is 20.3 Å². The molecule has 0 aliphatic rings. The summed E-state index contributed by atoms with van der Waals surface area (Å²) in [5, 5.41) is 12.2. The van der Waals surface area contributed by atoms with Crippen molar-refractivity contribution >= 4 is 23.0 Å². The first-order valence-electron chi connectivity index (χ1n) is 5.77. The van der Waals surface area contributed by atoms with E-state index in [1.165, 1.54) is 12.7 Å². The van der Waals surface area contributed by atoms with Gasteiger partial charge in [0.05, 0.1) is 6.33 Å². The lowest BCUT2D eigenvalue weighted by Crippen LogP contribution is -2.35. The molecule has 0 spiro atoms. The monoisotopic (exact) mass is 249 g/mol. The summed E-state index contributed by atoms with van der Waals surface area (Å²) in [4.78, 5) is 26.2. The van der Waals surface area contributed by atoms with Crippen molar-refractivity contribution in [3.8, 4) is 0 Å². The topological polar surface area (TPSA) is 104 Å². The fourth-order valence-corrected chi connectivity index (χ4v) is 1.70. The van der Waals surface area contributed by atoms with Crippen molar-refractivity contribution in [3.63, 3.8) is 0 Å². The van der Waals surface area contributed by atoms with Gasteiger partial charge in [0.15, 0.2) is 11.5 Å². The predicted octanol–water partition coefficient (Wildman–Crippen LogP) is 1.26. The number of fused-ring (bicyclic) bond motifs is 1. The molecule has 18 heavy (non-hydrogen) atoms. The van der Waals surface area contributed by atoms with Crippen molar-refractivity contribution in [2.75, 3.05) is 5.32 Å². The van der Waals surface area contributed by atoms with Crippen LogP contribution in [0.2, 0.25) is 0 Å². The van der Waals surface area contributed by atoms with E-state index >= 15 is 0 Å². The van der Waals surface area contributed by atoms with Gasteiger partial charge in [-0.05, 0) is 5.92 Å². The fraction of sp³-hybridized carbons (Fsp3) is 0.455. The Hall–Kier alpha value is -2.18. The summed E-state index contributed by atoms with van der Waals surface area (Å²) in [6.45, 7) is 3.84. The number of aromatic nitrogens is 4. The van der Waals surface area contributed by atoms with Gasteiger partial charge in [0.1, 0.15) is 17.9 Å². The fourth-order valence-electron chi connectivity index (χ4n) is 1.70. The average molecular weight is 249 g/mol. The molecule has 0 fully saturated rings. The summed E-state index contributed by atoms with van der Waals surface area (Å²) in [5.74, 6) is -0.434. The van der Waals surface area contributed by atoms with E-state index in [-0.39, 0.29) is 5.92 Å². The first-order chi connectivity index (χ1) is 8.63. The Morgan fingerprint density at radius 2 is 2.28 bits per heavy atom. The van der Waals surface area contributed by atoms with Crippen molar-refractivity contribution in [1.82, 2.24) is 19.9 Å². The van der Waals surface area contributed by atoms with Crippen LogP contribution in [0.5, 0.6) is 0 Å². The third-order valence-electron chi connectivity index (χ3n) is 2.99. The minimum atomic E-state index is -0.893. The lowest BCUT2D eigenvalue weighted by atomic mass is 9.99. The number of carboxylic acids is 1. The molecule has 0 aliphatic carbocycles. The van der Waals surface area contributed by atoms with Gasteiger partial charge in [-0.3, -0.25) is 0 Å². The summed E-state index contributed by atoms with van der Waals surface area (Å²) in [6, 6.07) is -0.684. The zero-order valence-electron chi connectivity index (χ0n) is 10.2. The number of rotatable bonds is 5.